The van der Waals surface area contributed by atoms with Crippen LogP contribution in [0.1, 0.15) is 23.4 Å². The van der Waals surface area contributed by atoms with Gasteiger partial charge in [0.2, 0.25) is 0 Å². The first kappa shape index (κ1) is 17.8. The number of hydrogen-bond donors (Lipinski definition) is 0. The number of rotatable bonds is 1. The molecule has 0 bridgehead atoms. The van der Waals surface area contributed by atoms with E-state index >= 15 is 0 Å². The van der Waals surface area contributed by atoms with E-state index in [4.69, 9.17) is 9.47 Å². The minimum Gasteiger partial charge on any atom is -0.486 e. The Hall–Kier alpha value is -3.29. The zero-order chi connectivity index (χ0) is 20.2. The van der Waals surface area contributed by atoms with Gasteiger partial charge >= 0.3 is 6.18 Å². The predicted octanol–water partition coefficient (Wildman–Crippen LogP) is 4.13. The lowest BCUT2D eigenvalue weighted by Crippen LogP contribution is -2.21. The second kappa shape index (κ2) is 6.37. The van der Waals surface area contributed by atoms with Crippen LogP contribution in [0.4, 0.5) is 13.2 Å². The van der Waals surface area contributed by atoms with Crippen LogP contribution in [0.25, 0.3) is 22.6 Å². The molecular weight excluding hydrogens is 385 g/mol. The lowest BCUT2D eigenvalue weighted by atomic mass is 10.1. The molecule has 0 saturated heterocycles. The Balaban J connectivity index is 1.61. The zero-order valence-corrected chi connectivity index (χ0v) is 15.1. The summed E-state index contributed by atoms with van der Waals surface area (Å²) in [5, 5.41) is 0.183. The topological polar surface area (TPSA) is 53.4 Å². The molecule has 0 spiro atoms. The molecule has 0 amide bonds. The van der Waals surface area contributed by atoms with E-state index in [0.717, 1.165) is 23.3 Å². The third-order valence-corrected chi connectivity index (χ3v) is 5.08. The van der Waals surface area contributed by atoms with E-state index in [1.54, 1.807) is 0 Å². The second-order valence-electron chi connectivity index (χ2n) is 6.94. The van der Waals surface area contributed by atoms with Crippen molar-refractivity contribution in [1.82, 2.24) is 9.55 Å². The minimum atomic E-state index is -4.49. The van der Waals surface area contributed by atoms with Gasteiger partial charge in [-0.1, -0.05) is 6.07 Å². The standard InChI is InChI=1S/C21H15F3N2O3/c22-21(23,24)14-2-3-15-16(11-14)25-19-13(5-6-26(19)20(15)27)9-12-1-4-17-18(10-12)29-8-7-28-17/h1-4,9-11H,5-8H2. The molecule has 29 heavy (non-hydrogen) atoms. The Bertz CT molecular complexity index is 1230. The summed E-state index contributed by atoms with van der Waals surface area (Å²) in [5.41, 5.74) is 0.529. The van der Waals surface area contributed by atoms with Crippen molar-refractivity contribution >= 4 is 22.6 Å². The SMILES string of the molecule is O=c1c2ccc(C(F)(F)F)cc2nc2n1CCC2=Cc1ccc2c(c1)OCCO2. The largest absolute Gasteiger partial charge is 0.486 e. The Morgan fingerprint density at radius 3 is 2.62 bits per heavy atom. The number of allylic oxidation sites excluding steroid dienone is 1. The first-order valence-electron chi connectivity index (χ1n) is 9.12. The van der Waals surface area contributed by atoms with E-state index in [9.17, 15) is 18.0 Å². The summed E-state index contributed by atoms with van der Waals surface area (Å²) in [7, 11) is 0. The molecule has 2 aromatic carbocycles. The van der Waals surface area contributed by atoms with E-state index in [1.165, 1.54) is 10.6 Å². The van der Waals surface area contributed by atoms with Crippen LogP contribution in [0.15, 0.2) is 41.2 Å². The number of benzene rings is 2. The van der Waals surface area contributed by atoms with Gasteiger partial charge in [0.1, 0.15) is 19.0 Å². The first-order chi connectivity index (χ1) is 13.9. The molecule has 0 fully saturated rings. The van der Waals surface area contributed by atoms with Gasteiger partial charge in [-0.3, -0.25) is 9.36 Å². The van der Waals surface area contributed by atoms with Crippen LogP contribution < -0.4 is 15.0 Å². The number of ether oxygens (including phenoxy) is 2. The number of halogens is 3. The van der Waals surface area contributed by atoms with Crippen LogP contribution >= 0.6 is 0 Å². The average molecular weight is 400 g/mol. The van der Waals surface area contributed by atoms with Crippen molar-refractivity contribution in [3.05, 3.63) is 63.7 Å². The van der Waals surface area contributed by atoms with Crippen LogP contribution in [0, 0.1) is 0 Å². The van der Waals surface area contributed by atoms with Crippen molar-refractivity contribution in [3.63, 3.8) is 0 Å². The molecule has 2 aliphatic heterocycles. The van der Waals surface area contributed by atoms with Crippen LogP contribution in [-0.2, 0) is 12.7 Å². The van der Waals surface area contributed by atoms with Crippen molar-refractivity contribution in [3.8, 4) is 11.5 Å². The van der Waals surface area contributed by atoms with Crippen molar-refractivity contribution < 1.29 is 22.6 Å². The summed E-state index contributed by atoms with van der Waals surface area (Å²) in [6, 6.07) is 8.56. The lowest BCUT2D eigenvalue weighted by Gasteiger charge is -2.18. The Morgan fingerprint density at radius 1 is 1.03 bits per heavy atom. The van der Waals surface area contributed by atoms with Gasteiger partial charge in [-0.05, 0) is 54.0 Å². The fourth-order valence-corrected chi connectivity index (χ4v) is 3.68. The first-order valence-corrected chi connectivity index (χ1v) is 9.12. The average Bonchev–Trinajstić information content (AvgIpc) is 3.10. The normalized spacial score (nSPS) is 17.0. The summed E-state index contributed by atoms with van der Waals surface area (Å²) < 4.78 is 51.8. The summed E-state index contributed by atoms with van der Waals surface area (Å²) >= 11 is 0. The second-order valence-corrected chi connectivity index (χ2v) is 6.94. The smallest absolute Gasteiger partial charge is 0.416 e. The molecule has 0 aliphatic carbocycles. The van der Waals surface area contributed by atoms with Crippen molar-refractivity contribution in [2.24, 2.45) is 0 Å². The van der Waals surface area contributed by atoms with Gasteiger partial charge in [0, 0.05) is 6.54 Å². The maximum absolute atomic E-state index is 13.0. The molecule has 5 nitrogen and oxygen atoms in total. The highest BCUT2D eigenvalue weighted by molar-refractivity contribution is 5.85. The number of fused-ring (bicyclic) bond motifs is 3. The summed E-state index contributed by atoms with van der Waals surface area (Å²) in [6.07, 6.45) is -2.04. The third-order valence-electron chi connectivity index (χ3n) is 5.08. The van der Waals surface area contributed by atoms with Crippen LogP contribution in [-0.4, -0.2) is 22.8 Å². The fourth-order valence-electron chi connectivity index (χ4n) is 3.68. The maximum atomic E-state index is 13.0. The number of aromatic nitrogens is 2. The van der Waals surface area contributed by atoms with Crippen LogP contribution in [0.3, 0.4) is 0 Å². The monoisotopic (exact) mass is 400 g/mol. The molecule has 3 aromatic rings. The van der Waals surface area contributed by atoms with Gasteiger partial charge in [0.25, 0.3) is 5.56 Å². The minimum absolute atomic E-state index is 0.0473. The molecular formula is C21H15F3N2O3. The summed E-state index contributed by atoms with van der Waals surface area (Å²) in [4.78, 5) is 17.1. The molecule has 3 heterocycles. The zero-order valence-electron chi connectivity index (χ0n) is 15.1. The van der Waals surface area contributed by atoms with Crippen molar-refractivity contribution in [2.45, 2.75) is 19.1 Å². The number of alkyl halides is 3. The highest BCUT2D eigenvalue weighted by Crippen LogP contribution is 2.34. The van der Waals surface area contributed by atoms with Crippen molar-refractivity contribution in [2.75, 3.05) is 13.2 Å². The molecule has 0 unspecified atom stereocenters. The fraction of sp³-hybridized carbons (Fsp3) is 0.238. The van der Waals surface area contributed by atoms with Gasteiger partial charge in [-0.2, -0.15) is 13.2 Å². The highest BCUT2D eigenvalue weighted by atomic mass is 19.4. The van der Waals surface area contributed by atoms with E-state index in [2.05, 4.69) is 4.98 Å². The Labute approximate surface area is 163 Å². The Morgan fingerprint density at radius 2 is 1.83 bits per heavy atom. The molecule has 2 aliphatic rings. The quantitative estimate of drug-likeness (QED) is 0.616. The highest BCUT2D eigenvalue weighted by Gasteiger charge is 2.31. The number of hydrogen-bond acceptors (Lipinski definition) is 4. The van der Waals surface area contributed by atoms with Crippen LogP contribution in [0.2, 0.25) is 0 Å². The van der Waals surface area contributed by atoms with Gasteiger partial charge in [0.15, 0.2) is 11.5 Å². The summed E-state index contributed by atoms with van der Waals surface area (Å²) in [5.74, 6) is 1.71. The number of nitrogens with zero attached hydrogens (tertiary/aromatic N) is 2. The van der Waals surface area contributed by atoms with Gasteiger partial charge in [-0.15, -0.1) is 0 Å². The van der Waals surface area contributed by atoms with E-state index < -0.39 is 11.7 Å². The van der Waals surface area contributed by atoms with Crippen molar-refractivity contribution in [1.29, 1.82) is 0 Å². The predicted molar refractivity (Wildman–Crippen MR) is 101 cm³/mol. The molecule has 5 rings (SSSR count). The van der Waals surface area contributed by atoms with Gasteiger partial charge < -0.3 is 9.47 Å². The molecule has 148 valence electrons. The molecule has 0 radical (unpaired) electrons. The molecule has 8 heteroatoms. The van der Waals surface area contributed by atoms with Crippen LogP contribution in [0.5, 0.6) is 11.5 Å². The third kappa shape index (κ3) is 3.04. The van der Waals surface area contributed by atoms with Gasteiger partial charge in [-0.25, -0.2) is 4.98 Å². The van der Waals surface area contributed by atoms with E-state index in [1.807, 2.05) is 24.3 Å². The van der Waals surface area contributed by atoms with E-state index in [0.29, 0.717) is 43.5 Å². The van der Waals surface area contributed by atoms with E-state index in [-0.39, 0.29) is 16.5 Å². The van der Waals surface area contributed by atoms with Gasteiger partial charge in [0.05, 0.1) is 16.5 Å². The Kier molecular flexibility index (Phi) is 3.90. The molecule has 0 N–H and O–H groups in total. The maximum Gasteiger partial charge on any atom is 0.416 e. The molecule has 0 saturated carbocycles. The molecule has 0 atom stereocenters. The lowest BCUT2D eigenvalue weighted by molar-refractivity contribution is -0.137. The molecule has 1 aromatic heterocycles. The summed E-state index contributed by atoms with van der Waals surface area (Å²) in [6.45, 7) is 1.41.